The number of hydrogen-bond acceptors (Lipinski definition) is 3. The molecule has 0 bridgehead atoms. The van der Waals surface area contributed by atoms with Crippen LogP contribution in [-0.2, 0) is 7.05 Å². The van der Waals surface area contributed by atoms with Crippen LogP contribution < -0.4 is 5.69 Å². The third kappa shape index (κ3) is 2.72. The molecular weight excluding hydrogens is 391 g/mol. The predicted molar refractivity (Wildman–Crippen MR) is 112 cm³/mol. The van der Waals surface area contributed by atoms with Crippen LogP contribution in [0.4, 0.5) is 4.39 Å². The molecule has 0 atom stereocenters. The highest BCUT2D eigenvalue weighted by atomic mass is 35.5. The van der Waals surface area contributed by atoms with Crippen LogP contribution in [-0.4, -0.2) is 19.1 Å². The van der Waals surface area contributed by atoms with Crippen LogP contribution in [0.2, 0.25) is 5.02 Å². The lowest BCUT2D eigenvalue weighted by Gasteiger charge is -2.09. The minimum Gasteiger partial charge on any atom is -0.293 e. The van der Waals surface area contributed by atoms with Crippen molar-refractivity contribution in [2.45, 2.75) is 0 Å². The van der Waals surface area contributed by atoms with Crippen molar-refractivity contribution in [1.82, 2.24) is 19.1 Å². The number of benzene rings is 2. The molecule has 142 valence electrons. The monoisotopic (exact) mass is 404 g/mol. The van der Waals surface area contributed by atoms with Crippen molar-refractivity contribution in [2.24, 2.45) is 7.05 Å². The van der Waals surface area contributed by atoms with Gasteiger partial charge < -0.3 is 0 Å². The number of pyridine rings is 2. The number of imidazole rings is 1. The van der Waals surface area contributed by atoms with Gasteiger partial charge in [0.05, 0.1) is 33.5 Å². The number of aromatic nitrogens is 4. The zero-order valence-electron chi connectivity index (χ0n) is 15.3. The minimum atomic E-state index is -0.461. The summed E-state index contributed by atoms with van der Waals surface area (Å²) in [5.74, 6) is -0.461. The molecule has 3 aromatic heterocycles. The van der Waals surface area contributed by atoms with Crippen molar-refractivity contribution in [3.05, 3.63) is 88.4 Å². The lowest BCUT2D eigenvalue weighted by Crippen LogP contribution is -2.21. The van der Waals surface area contributed by atoms with Gasteiger partial charge in [0.25, 0.3) is 0 Å². The van der Waals surface area contributed by atoms with E-state index in [9.17, 15) is 9.18 Å². The molecule has 5 rings (SSSR count). The van der Waals surface area contributed by atoms with Crippen LogP contribution in [0.3, 0.4) is 0 Å². The van der Waals surface area contributed by atoms with E-state index in [2.05, 4.69) is 9.97 Å². The van der Waals surface area contributed by atoms with Gasteiger partial charge in [0.2, 0.25) is 0 Å². The largest absolute Gasteiger partial charge is 0.333 e. The summed E-state index contributed by atoms with van der Waals surface area (Å²) in [4.78, 5) is 21.7. The third-order valence-corrected chi connectivity index (χ3v) is 5.33. The molecule has 29 heavy (non-hydrogen) atoms. The van der Waals surface area contributed by atoms with Gasteiger partial charge in [0.15, 0.2) is 0 Å². The Balaban J connectivity index is 1.91. The molecule has 7 heteroatoms. The second kappa shape index (κ2) is 6.53. The van der Waals surface area contributed by atoms with Crippen molar-refractivity contribution in [3.63, 3.8) is 0 Å². The molecule has 0 aliphatic carbocycles. The van der Waals surface area contributed by atoms with Crippen LogP contribution in [0.1, 0.15) is 0 Å². The summed E-state index contributed by atoms with van der Waals surface area (Å²) in [6.45, 7) is 0. The quantitative estimate of drug-likeness (QED) is 0.427. The molecule has 0 saturated carbocycles. The fraction of sp³-hybridized carbons (Fsp3) is 0.0455. The van der Waals surface area contributed by atoms with Gasteiger partial charge in [-0.1, -0.05) is 23.7 Å². The molecule has 3 heterocycles. The van der Waals surface area contributed by atoms with E-state index in [0.717, 1.165) is 22.0 Å². The third-order valence-electron chi connectivity index (χ3n) is 5.03. The number of halogens is 2. The van der Waals surface area contributed by atoms with Crippen LogP contribution in [0.5, 0.6) is 0 Å². The zero-order valence-corrected chi connectivity index (χ0v) is 16.1. The molecule has 0 amide bonds. The van der Waals surface area contributed by atoms with E-state index in [0.29, 0.717) is 16.7 Å². The van der Waals surface area contributed by atoms with Crippen LogP contribution in [0.25, 0.3) is 38.8 Å². The maximum Gasteiger partial charge on any atom is 0.333 e. The van der Waals surface area contributed by atoms with Gasteiger partial charge in [-0.2, -0.15) is 0 Å². The molecule has 0 unspecified atom stereocenters. The second-order valence-corrected chi connectivity index (χ2v) is 7.15. The second-order valence-electron chi connectivity index (χ2n) is 6.74. The Morgan fingerprint density at radius 3 is 2.66 bits per heavy atom. The lowest BCUT2D eigenvalue weighted by molar-refractivity contribution is 0.627. The van der Waals surface area contributed by atoms with Crippen molar-refractivity contribution < 1.29 is 4.39 Å². The van der Waals surface area contributed by atoms with Gasteiger partial charge in [0.1, 0.15) is 5.82 Å². The van der Waals surface area contributed by atoms with Gasteiger partial charge in [-0.3, -0.25) is 19.1 Å². The van der Waals surface area contributed by atoms with E-state index < -0.39 is 5.82 Å². The summed E-state index contributed by atoms with van der Waals surface area (Å²) in [5, 5.41) is 0.954. The molecule has 0 saturated heterocycles. The molecule has 0 radical (unpaired) electrons. The molecule has 5 aromatic rings. The molecule has 0 spiro atoms. The first-order valence-electron chi connectivity index (χ1n) is 8.90. The molecule has 2 aromatic carbocycles. The first-order chi connectivity index (χ1) is 14.0. The molecule has 0 N–H and O–H groups in total. The van der Waals surface area contributed by atoms with E-state index >= 15 is 0 Å². The summed E-state index contributed by atoms with van der Waals surface area (Å²) >= 11 is 6.29. The summed E-state index contributed by atoms with van der Waals surface area (Å²) in [6, 6.07) is 13.7. The SMILES string of the molecule is Cn1c(=O)n(-c2ccc(F)cc2Cl)c2c3cc(-c4cccnc4)ccc3ncc21. The molecule has 0 aliphatic heterocycles. The van der Waals surface area contributed by atoms with Crippen LogP contribution in [0, 0.1) is 5.82 Å². The smallest absolute Gasteiger partial charge is 0.293 e. The molecule has 5 nitrogen and oxygen atoms in total. The Morgan fingerprint density at radius 1 is 1.03 bits per heavy atom. The summed E-state index contributed by atoms with van der Waals surface area (Å²) in [6.07, 6.45) is 5.16. The van der Waals surface area contributed by atoms with Crippen LogP contribution in [0.15, 0.2) is 71.9 Å². The van der Waals surface area contributed by atoms with E-state index in [1.54, 1.807) is 25.6 Å². The summed E-state index contributed by atoms with van der Waals surface area (Å²) < 4.78 is 16.6. The number of rotatable bonds is 2. The Hall–Kier alpha value is -3.51. The van der Waals surface area contributed by atoms with Gasteiger partial charge in [-0.25, -0.2) is 9.18 Å². The molecule has 0 fully saturated rings. The zero-order chi connectivity index (χ0) is 20.1. The number of nitrogens with zero attached hydrogens (tertiary/aromatic N) is 4. The van der Waals surface area contributed by atoms with E-state index in [1.165, 1.54) is 27.3 Å². The fourth-order valence-electron chi connectivity index (χ4n) is 3.60. The van der Waals surface area contributed by atoms with E-state index in [4.69, 9.17) is 11.6 Å². The normalized spacial score (nSPS) is 11.4. The predicted octanol–water partition coefficient (Wildman–Crippen LogP) is 4.73. The Bertz CT molecular complexity index is 1460. The van der Waals surface area contributed by atoms with Crippen molar-refractivity contribution in [2.75, 3.05) is 0 Å². The number of aryl methyl sites for hydroxylation is 1. The Kier molecular flexibility index (Phi) is 3.96. The maximum atomic E-state index is 13.6. The van der Waals surface area contributed by atoms with Gasteiger partial charge in [-0.05, 0) is 42.0 Å². The topological polar surface area (TPSA) is 52.7 Å². The molecule has 0 aliphatic rings. The van der Waals surface area contributed by atoms with Crippen molar-refractivity contribution in [3.8, 4) is 16.8 Å². The Morgan fingerprint density at radius 2 is 1.90 bits per heavy atom. The highest BCUT2D eigenvalue weighted by Crippen LogP contribution is 2.31. The van der Waals surface area contributed by atoms with E-state index in [1.807, 2.05) is 30.3 Å². The number of hydrogen-bond donors (Lipinski definition) is 0. The summed E-state index contributed by atoms with van der Waals surface area (Å²) in [7, 11) is 1.68. The number of fused-ring (bicyclic) bond motifs is 3. The summed E-state index contributed by atoms with van der Waals surface area (Å²) in [5.41, 5.74) is 4.11. The van der Waals surface area contributed by atoms with Gasteiger partial charge in [0, 0.05) is 30.4 Å². The van der Waals surface area contributed by atoms with Crippen LogP contribution >= 0.6 is 11.6 Å². The van der Waals surface area contributed by atoms with Crippen molar-refractivity contribution >= 4 is 33.5 Å². The standard InChI is InChI=1S/C22H14ClFN4O/c1-27-20-12-26-18-6-4-13(14-3-2-8-25-11-14)9-16(18)21(20)28(22(27)29)19-7-5-15(24)10-17(19)23/h2-12H,1H3. The minimum absolute atomic E-state index is 0.160. The Labute approximate surface area is 169 Å². The average molecular weight is 405 g/mol. The molecular formula is C22H14ClFN4O. The van der Waals surface area contributed by atoms with Gasteiger partial charge in [-0.15, -0.1) is 0 Å². The average Bonchev–Trinajstić information content (AvgIpc) is 2.99. The van der Waals surface area contributed by atoms with Gasteiger partial charge >= 0.3 is 5.69 Å². The first kappa shape index (κ1) is 17.6. The highest BCUT2D eigenvalue weighted by molar-refractivity contribution is 6.32. The lowest BCUT2D eigenvalue weighted by atomic mass is 10.0. The maximum absolute atomic E-state index is 13.6. The fourth-order valence-corrected chi connectivity index (χ4v) is 3.85. The van der Waals surface area contributed by atoms with E-state index in [-0.39, 0.29) is 10.7 Å². The van der Waals surface area contributed by atoms with Crippen molar-refractivity contribution in [1.29, 1.82) is 0 Å². The first-order valence-corrected chi connectivity index (χ1v) is 9.28. The highest BCUT2D eigenvalue weighted by Gasteiger charge is 2.18.